The highest BCUT2D eigenvalue weighted by molar-refractivity contribution is 4.91. The second-order valence-corrected chi connectivity index (χ2v) is 5.79. The standard InChI is InChI=1S/C12H28N2O/c1-10(11(2,3)4)14(6)12(5,8-13)9-15-7/h10H,8-9,13H2,1-7H3. The van der Waals surface area contributed by atoms with Crippen LogP contribution in [-0.2, 0) is 4.74 Å². The lowest BCUT2D eigenvalue weighted by molar-refractivity contribution is -0.00783. The third kappa shape index (κ3) is 3.74. The Morgan fingerprint density at radius 1 is 1.27 bits per heavy atom. The van der Waals surface area contributed by atoms with Crippen molar-refractivity contribution in [1.82, 2.24) is 4.90 Å². The van der Waals surface area contributed by atoms with Crippen LogP contribution in [0, 0.1) is 5.41 Å². The van der Waals surface area contributed by atoms with Crippen molar-refractivity contribution < 1.29 is 4.74 Å². The highest BCUT2D eigenvalue weighted by atomic mass is 16.5. The summed E-state index contributed by atoms with van der Waals surface area (Å²) in [6.07, 6.45) is 0. The minimum Gasteiger partial charge on any atom is -0.383 e. The second-order valence-electron chi connectivity index (χ2n) is 5.79. The third-order valence-corrected chi connectivity index (χ3v) is 3.58. The van der Waals surface area contributed by atoms with Crippen molar-refractivity contribution in [1.29, 1.82) is 0 Å². The lowest BCUT2D eigenvalue weighted by Gasteiger charge is -2.46. The van der Waals surface area contributed by atoms with Crippen LogP contribution in [0.1, 0.15) is 34.6 Å². The zero-order valence-corrected chi connectivity index (χ0v) is 11.4. The summed E-state index contributed by atoms with van der Waals surface area (Å²) in [5.74, 6) is 0. The van der Waals surface area contributed by atoms with Gasteiger partial charge in [0.1, 0.15) is 0 Å². The molecule has 0 saturated heterocycles. The number of hydrogen-bond acceptors (Lipinski definition) is 3. The Hall–Kier alpha value is -0.120. The molecule has 2 unspecified atom stereocenters. The number of methoxy groups -OCH3 is 1. The minimum atomic E-state index is -0.0819. The lowest BCUT2D eigenvalue weighted by atomic mass is 9.84. The van der Waals surface area contributed by atoms with E-state index in [9.17, 15) is 0 Å². The number of nitrogens with two attached hydrogens (primary N) is 1. The molecule has 15 heavy (non-hydrogen) atoms. The first-order chi connectivity index (χ1) is 6.69. The molecule has 92 valence electrons. The zero-order chi connectivity index (χ0) is 12.3. The van der Waals surface area contributed by atoms with Gasteiger partial charge in [-0.15, -0.1) is 0 Å². The Kier molecular flexibility index (Phi) is 5.24. The van der Waals surface area contributed by atoms with E-state index in [1.807, 2.05) is 0 Å². The first-order valence-electron chi connectivity index (χ1n) is 5.61. The molecule has 0 heterocycles. The van der Waals surface area contributed by atoms with Crippen LogP contribution in [-0.4, -0.2) is 43.8 Å². The summed E-state index contributed by atoms with van der Waals surface area (Å²) in [6.45, 7) is 12.4. The van der Waals surface area contributed by atoms with Crippen LogP contribution in [0.15, 0.2) is 0 Å². The van der Waals surface area contributed by atoms with E-state index < -0.39 is 0 Å². The van der Waals surface area contributed by atoms with Crippen LogP contribution < -0.4 is 5.73 Å². The summed E-state index contributed by atoms with van der Waals surface area (Å²) in [7, 11) is 3.85. The van der Waals surface area contributed by atoms with Gasteiger partial charge in [0.05, 0.1) is 12.1 Å². The van der Waals surface area contributed by atoms with Gasteiger partial charge in [-0.25, -0.2) is 0 Å². The monoisotopic (exact) mass is 216 g/mol. The first kappa shape index (κ1) is 14.9. The van der Waals surface area contributed by atoms with E-state index >= 15 is 0 Å². The molecule has 0 saturated carbocycles. The fourth-order valence-corrected chi connectivity index (χ4v) is 1.66. The van der Waals surface area contributed by atoms with Crippen molar-refractivity contribution in [3.05, 3.63) is 0 Å². The zero-order valence-electron chi connectivity index (χ0n) is 11.4. The molecule has 0 aromatic carbocycles. The van der Waals surface area contributed by atoms with E-state index in [-0.39, 0.29) is 11.0 Å². The summed E-state index contributed by atoms with van der Waals surface area (Å²) in [6, 6.07) is 0.459. The van der Waals surface area contributed by atoms with Gasteiger partial charge in [0.25, 0.3) is 0 Å². The fraction of sp³-hybridized carbons (Fsp3) is 1.00. The Labute approximate surface area is 95.0 Å². The molecule has 2 N–H and O–H groups in total. The Balaban J connectivity index is 4.71. The molecular formula is C12H28N2O. The van der Waals surface area contributed by atoms with Gasteiger partial charge in [-0.1, -0.05) is 20.8 Å². The van der Waals surface area contributed by atoms with Crippen molar-refractivity contribution in [2.75, 3.05) is 27.3 Å². The molecule has 2 atom stereocenters. The third-order valence-electron chi connectivity index (χ3n) is 3.58. The number of likely N-dealkylation sites (N-methyl/N-ethyl adjacent to an activating group) is 1. The molecule has 0 radical (unpaired) electrons. The molecule has 0 aromatic rings. The van der Waals surface area contributed by atoms with Gasteiger partial charge < -0.3 is 10.5 Å². The number of rotatable bonds is 5. The summed E-state index contributed by atoms with van der Waals surface area (Å²) >= 11 is 0. The molecule has 0 amide bonds. The van der Waals surface area contributed by atoms with E-state index in [0.717, 1.165) is 0 Å². The molecular weight excluding hydrogens is 188 g/mol. The molecule has 0 aliphatic rings. The van der Waals surface area contributed by atoms with Crippen LogP contribution in [0.25, 0.3) is 0 Å². The SMILES string of the molecule is COCC(C)(CN)N(C)C(C)C(C)(C)C. The Morgan fingerprint density at radius 2 is 1.73 bits per heavy atom. The van der Waals surface area contributed by atoms with Crippen LogP contribution in [0.4, 0.5) is 0 Å². The van der Waals surface area contributed by atoms with Gasteiger partial charge in [-0.2, -0.15) is 0 Å². The van der Waals surface area contributed by atoms with Crippen molar-refractivity contribution >= 4 is 0 Å². The van der Waals surface area contributed by atoms with Crippen molar-refractivity contribution in [2.45, 2.75) is 46.2 Å². The predicted molar refractivity (Wildman–Crippen MR) is 66.0 cm³/mol. The Bertz CT molecular complexity index is 189. The maximum absolute atomic E-state index is 5.85. The molecule has 3 nitrogen and oxygen atoms in total. The van der Waals surface area contributed by atoms with Crippen LogP contribution in [0.3, 0.4) is 0 Å². The van der Waals surface area contributed by atoms with E-state index in [1.54, 1.807) is 7.11 Å². The molecule has 0 aromatic heterocycles. The van der Waals surface area contributed by atoms with Crippen molar-refractivity contribution in [2.24, 2.45) is 11.1 Å². The molecule has 0 aliphatic carbocycles. The van der Waals surface area contributed by atoms with Crippen LogP contribution >= 0.6 is 0 Å². The average Bonchev–Trinajstić information content (AvgIpc) is 2.14. The lowest BCUT2D eigenvalue weighted by Crippen LogP contribution is -2.58. The average molecular weight is 216 g/mol. The highest BCUT2D eigenvalue weighted by Crippen LogP contribution is 2.27. The molecule has 0 bridgehead atoms. The minimum absolute atomic E-state index is 0.0819. The topological polar surface area (TPSA) is 38.5 Å². The molecule has 0 rings (SSSR count). The van der Waals surface area contributed by atoms with Crippen LogP contribution in [0.5, 0.6) is 0 Å². The van der Waals surface area contributed by atoms with Gasteiger partial charge in [0.2, 0.25) is 0 Å². The maximum atomic E-state index is 5.85. The largest absolute Gasteiger partial charge is 0.383 e. The summed E-state index contributed by atoms with van der Waals surface area (Å²) < 4.78 is 5.26. The van der Waals surface area contributed by atoms with E-state index in [1.165, 1.54) is 0 Å². The molecule has 3 heteroatoms. The quantitative estimate of drug-likeness (QED) is 0.760. The van der Waals surface area contributed by atoms with Crippen molar-refractivity contribution in [3.8, 4) is 0 Å². The maximum Gasteiger partial charge on any atom is 0.0656 e. The normalized spacial score (nSPS) is 19.0. The van der Waals surface area contributed by atoms with E-state index in [0.29, 0.717) is 19.2 Å². The smallest absolute Gasteiger partial charge is 0.0656 e. The molecule has 0 aliphatic heterocycles. The van der Waals surface area contributed by atoms with E-state index in [4.69, 9.17) is 10.5 Å². The van der Waals surface area contributed by atoms with Gasteiger partial charge >= 0.3 is 0 Å². The first-order valence-corrected chi connectivity index (χ1v) is 5.61. The van der Waals surface area contributed by atoms with Gasteiger partial charge in [-0.3, -0.25) is 4.90 Å². The second kappa shape index (κ2) is 5.28. The van der Waals surface area contributed by atoms with E-state index in [2.05, 4.69) is 46.6 Å². The fourth-order valence-electron chi connectivity index (χ4n) is 1.66. The number of nitrogens with zero attached hydrogens (tertiary/aromatic N) is 1. The predicted octanol–water partition coefficient (Wildman–Crippen LogP) is 1.72. The molecule has 0 spiro atoms. The Morgan fingerprint density at radius 3 is 2.00 bits per heavy atom. The molecule has 0 fully saturated rings. The van der Waals surface area contributed by atoms with Gasteiger partial charge in [0, 0.05) is 19.7 Å². The number of hydrogen-bond donors (Lipinski definition) is 1. The van der Waals surface area contributed by atoms with Gasteiger partial charge in [0.15, 0.2) is 0 Å². The van der Waals surface area contributed by atoms with Crippen molar-refractivity contribution in [3.63, 3.8) is 0 Å². The van der Waals surface area contributed by atoms with Gasteiger partial charge in [-0.05, 0) is 26.3 Å². The van der Waals surface area contributed by atoms with Crippen LogP contribution in [0.2, 0.25) is 0 Å². The summed E-state index contributed by atoms with van der Waals surface area (Å²) in [5.41, 5.74) is 6.02. The summed E-state index contributed by atoms with van der Waals surface area (Å²) in [5, 5.41) is 0. The number of ether oxygens (including phenoxy) is 1. The summed E-state index contributed by atoms with van der Waals surface area (Å²) in [4.78, 5) is 2.33. The highest BCUT2D eigenvalue weighted by Gasteiger charge is 2.35.